The van der Waals surface area contributed by atoms with Crippen molar-refractivity contribution in [3.8, 4) is 0 Å². The number of rotatable bonds is 5. The number of hydrogen-bond donors (Lipinski definition) is 2. The fourth-order valence-corrected chi connectivity index (χ4v) is 3.96. The predicted molar refractivity (Wildman–Crippen MR) is 75.1 cm³/mol. The molecule has 1 saturated carbocycles. The molecule has 1 atom stereocenters. The number of sulfonamides is 1. The minimum atomic E-state index is -3.58. The van der Waals surface area contributed by atoms with Gasteiger partial charge in [-0.25, -0.2) is 17.9 Å². The van der Waals surface area contributed by atoms with Crippen molar-refractivity contribution in [3.63, 3.8) is 0 Å². The molecule has 1 aromatic carbocycles. The smallest absolute Gasteiger partial charge is 0.335 e. The summed E-state index contributed by atoms with van der Waals surface area (Å²) < 4.78 is 27.1. The minimum Gasteiger partial charge on any atom is -0.478 e. The molecule has 0 bridgehead atoms. The molecule has 1 aliphatic carbocycles. The molecule has 1 aliphatic rings. The van der Waals surface area contributed by atoms with Gasteiger partial charge >= 0.3 is 5.97 Å². The zero-order chi connectivity index (χ0) is 14.8. The first-order chi connectivity index (χ1) is 9.40. The lowest BCUT2D eigenvalue weighted by molar-refractivity contribution is 0.0696. The summed E-state index contributed by atoms with van der Waals surface area (Å²) in [5.41, 5.74) is 0.0767. The Hall–Kier alpha value is -1.40. The summed E-state index contributed by atoms with van der Waals surface area (Å²) >= 11 is 0. The lowest BCUT2D eigenvalue weighted by Gasteiger charge is -2.20. The number of carbonyl (C=O) groups is 1. The molecular weight excluding hydrogens is 278 g/mol. The number of benzene rings is 1. The van der Waals surface area contributed by atoms with E-state index in [4.69, 9.17) is 5.11 Å². The molecule has 5 nitrogen and oxygen atoms in total. The van der Waals surface area contributed by atoms with Gasteiger partial charge in [0.2, 0.25) is 10.0 Å². The molecule has 20 heavy (non-hydrogen) atoms. The van der Waals surface area contributed by atoms with Crippen LogP contribution in [0, 0.1) is 5.92 Å². The summed E-state index contributed by atoms with van der Waals surface area (Å²) in [7, 11) is -3.58. The van der Waals surface area contributed by atoms with Crippen molar-refractivity contribution >= 4 is 16.0 Å². The van der Waals surface area contributed by atoms with E-state index in [1.165, 1.54) is 24.3 Å². The fourth-order valence-electron chi connectivity index (χ4n) is 2.64. The van der Waals surface area contributed by atoms with Crippen LogP contribution in [0.15, 0.2) is 29.2 Å². The fraction of sp³-hybridized carbons (Fsp3) is 0.500. The van der Waals surface area contributed by atoms with Crippen LogP contribution in [-0.2, 0) is 10.0 Å². The van der Waals surface area contributed by atoms with Gasteiger partial charge in [-0.05, 0) is 49.9 Å². The van der Waals surface area contributed by atoms with E-state index in [0.29, 0.717) is 5.92 Å². The van der Waals surface area contributed by atoms with Crippen molar-refractivity contribution in [2.75, 3.05) is 0 Å². The van der Waals surface area contributed by atoms with Crippen LogP contribution >= 0.6 is 0 Å². The van der Waals surface area contributed by atoms with Gasteiger partial charge in [0, 0.05) is 6.04 Å². The van der Waals surface area contributed by atoms with Gasteiger partial charge in [-0.1, -0.05) is 12.8 Å². The highest BCUT2D eigenvalue weighted by Gasteiger charge is 2.26. The number of aromatic carboxylic acids is 1. The maximum atomic E-state index is 12.2. The summed E-state index contributed by atoms with van der Waals surface area (Å²) in [4.78, 5) is 10.9. The van der Waals surface area contributed by atoms with E-state index in [1.807, 2.05) is 6.92 Å². The zero-order valence-electron chi connectivity index (χ0n) is 11.4. The van der Waals surface area contributed by atoms with E-state index < -0.39 is 16.0 Å². The lowest BCUT2D eigenvalue weighted by atomic mass is 10.0. The normalized spacial score (nSPS) is 18.1. The molecule has 2 N–H and O–H groups in total. The molecule has 0 heterocycles. The minimum absolute atomic E-state index is 0.0767. The topological polar surface area (TPSA) is 83.5 Å². The molecular formula is C14H19NO4S. The predicted octanol–water partition coefficient (Wildman–Crippen LogP) is 2.24. The van der Waals surface area contributed by atoms with Crippen molar-refractivity contribution in [1.29, 1.82) is 0 Å². The zero-order valence-corrected chi connectivity index (χ0v) is 12.2. The van der Waals surface area contributed by atoms with E-state index in [0.717, 1.165) is 25.7 Å². The van der Waals surface area contributed by atoms with E-state index in [-0.39, 0.29) is 16.5 Å². The largest absolute Gasteiger partial charge is 0.478 e. The third kappa shape index (κ3) is 3.37. The molecule has 1 aromatic rings. The lowest BCUT2D eigenvalue weighted by Crippen LogP contribution is -2.37. The SMILES string of the molecule is C[C@H](NS(=O)(=O)c1ccc(C(=O)O)cc1)C1CCCC1. The van der Waals surface area contributed by atoms with Gasteiger partial charge in [-0.15, -0.1) is 0 Å². The van der Waals surface area contributed by atoms with Gasteiger partial charge in [-0.2, -0.15) is 0 Å². The molecule has 0 spiro atoms. The Bertz CT molecular complexity index is 574. The highest BCUT2D eigenvalue weighted by Crippen LogP contribution is 2.28. The molecule has 2 rings (SSSR count). The average Bonchev–Trinajstić information content (AvgIpc) is 2.92. The van der Waals surface area contributed by atoms with Crippen LogP contribution in [0.3, 0.4) is 0 Å². The van der Waals surface area contributed by atoms with E-state index in [9.17, 15) is 13.2 Å². The molecule has 0 saturated heterocycles. The molecule has 110 valence electrons. The molecule has 0 radical (unpaired) electrons. The summed E-state index contributed by atoms with van der Waals surface area (Å²) in [6.07, 6.45) is 4.43. The molecule has 0 aliphatic heterocycles. The molecule has 1 fully saturated rings. The monoisotopic (exact) mass is 297 g/mol. The van der Waals surface area contributed by atoms with Crippen molar-refractivity contribution < 1.29 is 18.3 Å². The standard InChI is InChI=1S/C14H19NO4S/c1-10(11-4-2-3-5-11)15-20(18,19)13-8-6-12(7-9-13)14(16)17/h6-11,15H,2-5H2,1H3,(H,16,17)/t10-/m0/s1. The number of hydrogen-bond acceptors (Lipinski definition) is 3. The average molecular weight is 297 g/mol. The van der Waals surface area contributed by atoms with Gasteiger partial charge in [0.05, 0.1) is 10.5 Å². The van der Waals surface area contributed by atoms with Gasteiger partial charge in [0.1, 0.15) is 0 Å². The Morgan fingerprint density at radius 1 is 1.25 bits per heavy atom. The van der Waals surface area contributed by atoms with Crippen LogP contribution in [0.1, 0.15) is 43.0 Å². The Balaban J connectivity index is 2.11. The maximum absolute atomic E-state index is 12.2. The van der Waals surface area contributed by atoms with Crippen LogP contribution in [0.4, 0.5) is 0 Å². The first-order valence-corrected chi connectivity index (χ1v) is 8.24. The van der Waals surface area contributed by atoms with Crippen LogP contribution in [0.5, 0.6) is 0 Å². The van der Waals surface area contributed by atoms with Crippen LogP contribution < -0.4 is 4.72 Å². The Morgan fingerprint density at radius 3 is 2.30 bits per heavy atom. The van der Waals surface area contributed by atoms with Gasteiger partial charge in [0.25, 0.3) is 0 Å². The van der Waals surface area contributed by atoms with Crippen molar-refractivity contribution in [3.05, 3.63) is 29.8 Å². The highest BCUT2D eigenvalue weighted by atomic mass is 32.2. The summed E-state index contributed by atoms with van der Waals surface area (Å²) in [5, 5.41) is 8.80. The van der Waals surface area contributed by atoms with Crippen molar-refractivity contribution in [2.45, 2.75) is 43.5 Å². The third-order valence-electron chi connectivity index (χ3n) is 3.86. The Morgan fingerprint density at radius 2 is 1.80 bits per heavy atom. The molecule has 6 heteroatoms. The van der Waals surface area contributed by atoms with Crippen LogP contribution in [0.25, 0.3) is 0 Å². The first kappa shape index (κ1) is 15.0. The second-order valence-corrected chi connectivity index (χ2v) is 7.00. The summed E-state index contributed by atoms with van der Waals surface area (Å²) in [6.45, 7) is 1.89. The van der Waals surface area contributed by atoms with Crippen molar-refractivity contribution in [1.82, 2.24) is 4.72 Å². The maximum Gasteiger partial charge on any atom is 0.335 e. The second kappa shape index (κ2) is 5.93. The second-order valence-electron chi connectivity index (χ2n) is 5.28. The molecule has 0 amide bonds. The van der Waals surface area contributed by atoms with Gasteiger partial charge < -0.3 is 5.11 Å². The molecule has 0 aromatic heterocycles. The number of nitrogens with one attached hydrogen (secondary N) is 1. The highest BCUT2D eigenvalue weighted by molar-refractivity contribution is 7.89. The summed E-state index contributed by atoms with van der Waals surface area (Å²) in [5.74, 6) is -0.677. The molecule has 0 unspecified atom stereocenters. The third-order valence-corrected chi connectivity index (χ3v) is 5.43. The van der Waals surface area contributed by atoms with Gasteiger partial charge in [0.15, 0.2) is 0 Å². The van der Waals surface area contributed by atoms with E-state index >= 15 is 0 Å². The van der Waals surface area contributed by atoms with Crippen LogP contribution in [0.2, 0.25) is 0 Å². The van der Waals surface area contributed by atoms with E-state index in [1.54, 1.807) is 0 Å². The summed E-state index contributed by atoms with van der Waals surface area (Å²) in [6, 6.07) is 5.16. The Kier molecular flexibility index (Phi) is 4.45. The quantitative estimate of drug-likeness (QED) is 0.873. The van der Waals surface area contributed by atoms with Crippen molar-refractivity contribution in [2.24, 2.45) is 5.92 Å². The van der Waals surface area contributed by atoms with E-state index in [2.05, 4.69) is 4.72 Å². The Labute approximate surface area is 119 Å². The number of carboxylic acids is 1. The van der Waals surface area contributed by atoms with Crippen LogP contribution in [-0.4, -0.2) is 25.5 Å². The number of carboxylic acid groups (broad SMARTS) is 1. The first-order valence-electron chi connectivity index (χ1n) is 6.76. The van der Waals surface area contributed by atoms with Gasteiger partial charge in [-0.3, -0.25) is 0 Å².